The Labute approximate surface area is 94.0 Å². The first-order chi connectivity index (χ1) is 7.88. The third kappa shape index (κ3) is 2.66. The molecule has 2 rings (SSSR count). The quantitative estimate of drug-likeness (QED) is 0.809. The summed E-state index contributed by atoms with van der Waals surface area (Å²) in [6.07, 6.45) is 5.30. The molecule has 0 unspecified atom stereocenters. The van der Waals surface area contributed by atoms with Gasteiger partial charge in [-0.25, -0.2) is 4.98 Å². The van der Waals surface area contributed by atoms with Crippen LogP contribution in [0.3, 0.4) is 0 Å². The SMILES string of the molecule is CNc1nccc(NCc2cccnc2)n1. The second-order valence-electron chi connectivity index (χ2n) is 3.23. The van der Waals surface area contributed by atoms with Crippen LogP contribution in [0.25, 0.3) is 0 Å². The van der Waals surface area contributed by atoms with Gasteiger partial charge >= 0.3 is 0 Å². The molecule has 0 amide bonds. The standard InChI is InChI=1S/C11H13N5/c1-12-11-14-6-4-10(16-11)15-8-9-3-2-5-13-7-9/h2-7H,8H2,1H3,(H2,12,14,15,16). The van der Waals surface area contributed by atoms with Crippen LogP contribution in [0.4, 0.5) is 11.8 Å². The zero-order valence-electron chi connectivity index (χ0n) is 9.01. The van der Waals surface area contributed by atoms with Crippen molar-refractivity contribution < 1.29 is 0 Å². The molecule has 0 bridgehead atoms. The molecule has 0 aliphatic heterocycles. The van der Waals surface area contributed by atoms with Crippen LogP contribution in [0.15, 0.2) is 36.8 Å². The van der Waals surface area contributed by atoms with E-state index in [1.54, 1.807) is 19.4 Å². The first-order valence-electron chi connectivity index (χ1n) is 5.02. The van der Waals surface area contributed by atoms with Crippen LogP contribution >= 0.6 is 0 Å². The highest BCUT2D eigenvalue weighted by molar-refractivity contribution is 5.39. The summed E-state index contributed by atoms with van der Waals surface area (Å²) in [6, 6.07) is 5.76. The Morgan fingerprint density at radius 3 is 2.94 bits per heavy atom. The summed E-state index contributed by atoms with van der Waals surface area (Å²) >= 11 is 0. The molecule has 0 fully saturated rings. The van der Waals surface area contributed by atoms with Crippen molar-refractivity contribution in [3.8, 4) is 0 Å². The van der Waals surface area contributed by atoms with Gasteiger partial charge in [-0.15, -0.1) is 0 Å². The third-order valence-corrected chi connectivity index (χ3v) is 2.08. The molecule has 0 saturated carbocycles. The van der Waals surface area contributed by atoms with Gasteiger partial charge in [-0.3, -0.25) is 4.98 Å². The molecule has 5 heteroatoms. The van der Waals surface area contributed by atoms with Crippen molar-refractivity contribution in [2.24, 2.45) is 0 Å². The molecule has 0 aliphatic carbocycles. The number of hydrogen-bond donors (Lipinski definition) is 2. The summed E-state index contributed by atoms with van der Waals surface area (Å²) in [5, 5.41) is 6.10. The van der Waals surface area contributed by atoms with Crippen LogP contribution in [0.2, 0.25) is 0 Å². The lowest BCUT2D eigenvalue weighted by Crippen LogP contribution is -2.04. The molecule has 2 N–H and O–H groups in total. The largest absolute Gasteiger partial charge is 0.366 e. The topological polar surface area (TPSA) is 62.7 Å². The van der Waals surface area contributed by atoms with E-state index >= 15 is 0 Å². The lowest BCUT2D eigenvalue weighted by atomic mass is 10.3. The Bertz CT molecular complexity index is 443. The average Bonchev–Trinajstić information content (AvgIpc) is 2.38. The van der Waals surface area contributed by atoms with Gasteiger partial charge in [-0.2, -0.15) is 4.98 Å². The molecule has 0 radical (unpaired) electrons. The molecule has 2 aromatic heterocycles. The highest BCUT2D eigenvalue weighted by Gasteiger charge is 1.97. The molecule has 16 heavy (non-hydrogen) atoms. The van der Waals surface area contributed by atoms with Crippen LogP contribution < -0.4 is 10.6 Å². The van der Waals surface area contributed by atoms with Crippen molar-refractivity contribution >= 4 is 11.8 Å². The van der Waals surface area contributed by atoms with Crippen LogP contribution in [0.5, 0.6) is 0 Å². The van der Waals surface area contributed by atoms with Gasteiger partial charge in [0.25, 0.3) is 0 Å². The van der Waals surface area contributed by atoms with Gasteiger partial charge in [0.2, 0.25) is 5.95 Å². The summed E-state index contributed by atoms with van der Waals surface area (Å²) < 4.78 is 0. The van der Waals surface area contributed by atoms with E-state index in [0.29, 0.717) is 12.5 Å². The minimum Gasteiger partial charge on any atom is -0.366 e. The van der Waals surface area contributed by atoms with Gasteiger partial charge in [-0.05, 0) is 17.7 Å². The lowest BCUT2D eigenvalue weighted by Gasteiger charge is -2.06. The first-order valence-corrected chi connectivity index (χ1v) is 5.02. The predicted octanol–water partition coefficient (Wildman–Crippen LogP) is 1.53. The van der Waals surface area contributed by atoms with Gasteiger partial charge in [0.15, 0.2) is 0 Å². The molecular formula is C11H13N5. The molecular weight excluding hydrogens is 202 g/mol. The fraction of sp³-hybridized carbons (Fsp3) is 0.182. The maximum Gasteiger partial charge on any atom is 0.224 e. The zero-order valence-corrected chi connectivity index (χ0v) is 9.01. The number of aromatic nitrogens is 3. The summed E-state index contributed by atoms with van der Waals surface area (Å²) in [5.41, 5.74) is 1.12. The summed E-state index contributed by atoms with van der Waals surface area (Å²) in [7, 11) is 1.79. The van der Waals surface area contributed by atoms with Crippen LogP contribution in [0.1, 0.15) is 5.56 Å². The molecule has 0 aromatic carbocycles. The lowest BCUT2D eigenvalue weighted by molar-refractivity contribution is 1.06. The van der Waals surface area contributed by atoms with E-state index in [2.05, 4.69) is 25.6 Å². The molecule has 0 saturated heterocycles. The maximum absolute atomic E-state index is 4.25. The highest BCUT2D eigenvalue weighted by Crippen LogP contribution is 2.06. The van der Waals surface area contributed by atoms with E-state index < -0.39 is 0 Å². The van der Waals surface area contributed by atoms with Crippen LogP contribution in [0, 0.1) is 0 Å². The smallest absolute Gasteiger partial charge is 0.224 e. The van der Waals surface area contributed by atoms with Crippen molar-refractivity contribution in [2.75, 3.05) is 17.7 Å². The van der Waals surface area contributed by atoms with E-state index in [1.807, 2.05) is 24.4 Å². The van der Waals surface area contributed by atoms with E-state index in [1.165, 1.54) is 0 Å². The number of pyridine rings is 1. The van der Waals surface area contributed by atoms with Crippen LogP contribution in [-0.4, -0.2) is 22.0 Å². The Morgan fingerprint density at radius 2 is 2.19 bits per heavy atom. The zero-order chi connectivity index (χ0) is 11.2. The number of nitrogens with zero attached hydrogens (tertiary/aromatic N) is 3. The van der Waals surface area contributed by atoms with Gasteiger partial charge in [0.05, 0.1) is 0 Å². The summed E-state index contributed by atoms with van der Waals surface area (Å²) in [4.78, 5) is 12.3. The molecule has 0 atom stereocenters. The Morgan fingerprint density at radius 1 is 1.25 bits per heavy atom. The number of nitrogens with one attached hydrogen (secondary N) is 2. The monoisotopic (exact) mass is 215 g/mol. The van der Waals surface area contributed by atoms with E-state index in [0.717, 1.165) is 11.4 Å². The Hall–Kier alpha value is -2.17. The maximum atomic E-state index is 4.25. The fourth-order valence-electron chi connectivity index (χ4n) is 1.27. The number of rotatable bonds is 4. The fourth-order valence-corrected chi connectivity index (χ4v) is 1.27. The summed E-state index contributed by atoms with van der Waals surface area (Å²) in [6.45, 7) is 0.702. The van der Waals surface area contributed by atoms with Gasteiger partial charge < -0.3 is 10.6 Å². The third-order valence-electron chi connectivity index (χ3n) is 2.08. The van der Waals surface area contributed by atoms with E-state index in [9.17, 15) is 0 Å². The molecule has 0 aliphatic rings. The van der Waals surface area contributed by atoms with Gasteiger partial charge in [0, 0.05) is 32.2 Å². The molecule has 82 valence electrons. The van der Waals surface area contributed by atoms with E-state index in [-0.39, 0.29) is 0 Å². The van der Waals surface area contributed by atoms with Crippen molar-refractivity contribution in [1.29, 1.82) is 0 Å². The first kappa shape index (κ1) is 10.4. The molecule has 2 heterocycles. The molecule has 2 aromatic rings. The van der Waals surface area contributed by atoms with Gasteiger partial charge in [-0.1, -0.05) is 6.07 Å². The van der Waals surface area contributed by atoms with Crippen molar-refractivity contribution in [3.63, 3.8) is 0 Å². The second-order valence-corrected chi connectivity index (χ2v) is 3.23. The minimum absolute atomic E-state index is 0.608. The van der Waals surface area contributed by atoms with Crippen molar-refractivity contribution in [3.05, 3.63) is 42.4 Å². The number of hydrogen-bond acceptors (Lipinski definition) is 5. The average molecular weight is 215 g/mol. The van der Waals surface area contributed by atoms with Gasteiger partial charge in [0.1, 0.15) is 5.82 Å². The van der Waals surface area contributed by atoms with Crippen molar-refractivity contribution in [2.45, 2.75) is 6.54 Å². The molecule has 0 spiro atoms. The predicted molar refractivity (Wildman–Crippen MR) is 63.1 cm³/mol. The second kappa shape index (κ2) is 5.06. The Kier molecular flexibility index (Phi) is 3.28. The van der Waals surface area contributed by atoms with E-state index in [4.69, 9.17) is 0 Å². The normalized spacial score (nSPS) is 9.81. The minimum atomic E-state index is 0.608. The van der Waals surface area contributed by atoms with Crippen LogP contribution in [-0.2, 0) is 6.54 Å². The molecule has 5 nitrogen and oxygen atoms in total. The summed E-state index contributed by atoms with van der Waals surface area (Å²) in [5.74, 6) is 1.40. The highest BCUT2D eigenvalue weighted by atomic mass is 15.1. The van der Waals surface area contributed by atoms with Crippen molar-refractivity contribution in [1.82, 2.24) is 15.0 Å². The Balaban J connectivity index is 1.99. The number of anilines is 2.